The van der Waals surface area contributed by atoms with Gasteiger partial charge < -0.3 is 10.4 Å². The Labute approximate surface area is 163 Å². The number of nitro groups is 1. The van der Waals surface area contributed by atoms with E-state index in [-0.39, 0.29) is 10.5 Å². The monoisotopic (exact) mass is 432 g/mol. The Morgan fingerprint density at radius 3 is 2.14 bits per heavy atom. The molecule has 0 aliphatic carbocycles. The number of alkyl halides is 3. The van der Waals surface area contributed by atoms with E-state index in [1.807, 2.05) is 0 Å². The number of anilines is 1. The predicted molar refractivity (Wildman–Crippen MR) is 95.9 cm³/mol. The van der Waals surface area contributed by atoms with Crippen molar-refractivity contribution >= 4 is 27.1 Å². The van der Waals surface area contributed by atoms with Gasteiger partial charge >= 0.3 is 6.18 Å². The maximum Gasteiger partial charge on any atom is 0.423 e. The van der Waals surface area contributed by atoms with Gasteiger partial charge in [0.05, 0.1) is 9.82 Å². The number of hydrogen-bond donors (Lipinski definition) is 2. The van der Waals surface area contributed by atoms with E-state index in [1.54, 1.807) is 0 Å². The molecule has 1 amide bonds. The average molecular weight is 432 g/mol. The van der Waals surface area contributed by atoms with Gasteiger partial charge in [-0.05, 0) is 36.8 Å². The van der Waals surface area contributed by atoms with Gasteiger partial charge in [-0.2, -0.15) is 13.2 Å². The summed E-state index contributed by atoms with van der Waals surface area (Å²) in [4.78, 5) is 21.9. The van der Waals surface area contributed by atoms with Crippen LogP contribution in [0, 0.1) is 10.1 Å². The zero-order valence-electron chi connectivity index (χ0n) is 15.0. The largest absolute Gasteiger partial charge is 0.423 e. The molecular formula is C17H15F3N2O6S. The second kappa shape index (κ2) is 7.44. The summed E-state index contributed by atoms with van der Waals surface area (Å²) in [6.07, 6.45) is -4.06. The fourth-order valence-electron chi connectivity index (χ4n) is 2.41. The summed E-state index contributed by atoms with van der Waals surface area (Å²) < 4.78 is 62.1. The van der Waals surface area contributed by atoms with E-state index in [1.165, 1.54) is 24.3 Å². The highest BCUT2D eigenvalue weighted by Crippen LogP contribution is 2.38. The van der Waals surface area contributed by atoms with Crippen LogP contribution in [0.2, 0.25) is 0 Å². The minimum absolute atomic E-state index is 0.0136. The van der Waals surface area contributed by atoms with Gasteiger partial charge in [-0.25, -0.2) is 8.42 Å². The first-order valence-electron chi connectivity index (χ1n) is 7.84. The van der Waals surface area contributed by atoms with E-state index in [4.69, 9.17) is 0 Å². The van der Waals surface area contributed by atoms with Crippen molar-refractivity contribution in [2.24, 2.45) is 0 Å². The van der Waals surface area contributed by atoms with Crippen molar-refractivity contribution in [3.05, 3.63) is 63.7 Å². The molecule has 12 heteroatoms. The number of carbonyl (C=O) groups is 1. The summed E-state index contributed by atoms with van der Waals surface area (Å²) in [5, 5.41) is 23.3. The molecule has 0 aromatic heterocycles. The summed E-state index contributed by atoms with van der Waals surface area (Å²) in [5.41, 5.74) is -5.40. The molecule has 8 nitrogen and oxygen atoms in total. The lowest BCUT2D eigenvalue weighted by atomic mass is 9.95. The number of nitrogens with one attached hydrogen (secondary N) is 1. The first-order chi connectivity index (χ1) is 13.1. The molecule has 0 saturated heterocycles. The Morgan fingerprint density at radius 1 is 1.14 bits per heavy atom. The third-order valence-electron chi connectivity index (χ3n) is 4.04. The number of halogens is 3. The highest BCUT2D eigenvalue weighted by atomic mass is 32.2. The SMILES string of the molecule is CC(O)(C(=O)Nc1ccc([N+](=O)[O-])c(C(F)(F)F)c1)c1ccc(S(C)(=O)=O)cc1. The molecule has 29 heavy (non-hydrogen) atoms. The third-order valence-corrected chi connectivity index (χ3v) is 5.17. The maximum atomic E-state index is 13.0. The Hall–Kier alpha value is -2.99. The lowest BCUT2D eigenvalue weighted by Crippen LogP contribution is -2.37. The Balaban J connectivity index is 2.34. The van der Waals surface area contributed by atoms with Gasteiger partial charge in [0, 0.05) is 18.0 Å². The molecule has 2 aromatic carbocycles. The summed E-state index contributed by atoms with van der Waals surface area (Å²) in [5.74, 6) is -1.12. The highest BCUT2D eigenvalue weighted by molar-refractivity contribution is 7.90. The lowest BCUT2D eigenvalue weighted by Gasteiger charge is -2.23. The van der Waals surface area contributed by atoms with Crippen LogP contribution in [0.3, 0.4) is 0 Å². The van der Waals surface area contributed by atoms with Crippen molar-refractivity contribution in [3.63, 3.8) is 0 Å². The van der Waals surface area contributed by atoms with Crippen LogP contribution in [0.4, 0.5) is 24.5 Å². The van der Waals surface area contributed by atoms with Gasteiger partial charge in [0.1, 0.15) is 5.56 Å². The first-order valence-corrected chi connectivity index (χ1v) is 9.73. The summed E-state index contributed by atoms with van der Waals surface area (Å²) in [6, 6.07) is 6.58. The maximum absolute atomic E-state index is 13.0. The third kappa shape index (κ3) is 4.90. The van der Waals surface area contributed by atoms with Crippen LogP contribution >= 0.6 is 0 Å². The van der Waals surface area contributed by atoms with E-state index < -0.39 is 49.4 Å². The molecular weight excluding hydrogens is 417 g/mol. The number of nitro benzene ring substituents is 1. The molecule has 1 atom stereocenters. The Kier molecular flexibility index (Phi) is 5.72. The molecule has 0 fully saturated rings. The van der Waals surface area contributed by atoms with Crippen molar-refractivity contribution in [1.82, 2.24) is 0 Å². The summed E-state index contributed by atoms with van der Waals surface area (Å²) in [7, 11) is -3.51. The van der Waals surface area contributed by atoms with Crippen molar-refractivity contribution in [3.8, 4) is 0 Å². The van der Waals surface area contributed by atoms with Crippen LogP contribution < -0.4 is 5.32 Å². The molecule has 2 rings (SSSR count). The van der Waals surface area contributed by atoms with Crippen LogP contribution in [0.15, 0.2) is 47.4 Å². The predicted octanol–water partition coefficient (Wildman–Crippen LogP) is 2.86. The van der Waals surface area contributed by atoms with Gasteiger partial charge in [-0.3, -0.25) is 14.9 Å². The molecule has 0 spiro atoms. The molecule has 0 aliphatic heterocycles. The Bertz CT molecular complexity index is 1060. The fourth-order valence-corrected chi connectivity index (χ4v) is 3.04. The molecule has 1 unspecified atom stereocenters. The molecule has 2 aromatic rings. The number of amides is 1. The van der Waals surface area contributed by atoms with Crippen LogP contribution in [-0.4, -0.2) is 30.6 Å². The molecule has 0 aliphatic rings. The van der Waals surface area contributed by atoms with E-state index in [2.05, 4.69) is 5.32 Å². The van der Waals surface area contributed by atoms with Crippen molar-refractivity contribution in [2.45, 2.75) is 23.6 Å². The molecule has 156 valence electrons. The number of rotatable bonds is 5. The minimum atomic E-state index is -5.03. The van der Waals surface area contributed by atoms with Gasteiger partial charge in [-0.1, -0.05) is 12.1 Å². The van der Waals surface area contributed by atoms with E-state index in [0.717, 1.165) is 19.2 Å². The number of nitrogens with zero attached hydrogens (tertiary/aromatic N) is 1. The van der Waals surface area contributed by atoms with Gasteiger partial charge in [0.2, 0.25) is 0 Å². The Morgan fingerprint density at radius 2 is 1.69 bits per heavy atom. The van der Waals surface area contributed by atoms with Crippen molar-refractivity contribution in [1.29, 1.82) is 0 Å². The first kappa shape index (κ1) is 22.3. The second-order valence-corrected chi connectivity index (χ2v) is 8.33. The quantitative estimate of drug-likeness (QED) is 0.553. The normalized spacial score (nSPS) is 14.1. The lowest BCUT2D eigenvalue weighted by molar-refractivity contribution is -0.388. The van der Waals surface area contributed by atoms with Crippen LogP contribution in [-0.2, 0) is 26.4 Å². The smallest absolute Gasteiger partial charge is 0.376 e. The minimum Gasteiger partial charge on any atom is -0.376 e. The number of carbonyl (C=O) groups excluding carboxylic acids is 1. The van der Waals surface area contributed by atoms with Gasteiger partial charge in [-0.15, -0.1) is 0 Å². The van der Waals surface area contributed by atoms with Gasteiger partial charge in [0.15, 0.2) is 15.4 Å². The second-order valence-electron chi connectivity index (χ2n) is 6.31. The summed E-state index contributed by atoms with van der Waals surface area (Å²) in [6.45, 7) is 1.06. The topological polar surface area (TPSA) is 127 Å². The van der Waals surface area contributed by atoms with Crippen molar-refractivity contribution < 1.29 is 36.4 Å². The van der Waals surface area contributed by atoms with Crippen LogP contribution in [0.5, 0.6) is 0 Å². The van der Waals surface area contributed by atoms with Gasteiger partial charge in [0.25, 0.3) is 11.6 Å². The fraction of sp³-hybridized carbons (Fsp3) is 0.235. The average Bonchev–Trinajstić information content (AvgIpc) is 2.60. The van der Waals surface area contributed by atoms with E-state index in [0.29, 0.717) is 12.1 Å². The molecule has 0 heterocycles. The number of hydrogen-bond acceptors (Lipinski definition) is 6. The molecule has 0 bridgehead atoms. The summed E-state index contributed by atoms with van der Waals surface area (Å²) >= 11 is 0. The molecule has 0 saturated carbocycles. The highest BCUT2D eigenvalue weighted by Gasteiger charge is 2.39. The number of aliphatic hydroxyl groups is 1. The standard InChI is InChI=1S/C17H15F3N2O6S/c1-16(24,10-3-6-12(7-4-10)29(2,27)28)15(23)21-11-5-8-14(22(25)26)13(9-11)17(18,19)20/h3-9,24H,1-2H3,(H,21,23). The number of sulfone groups is 1. The zero-order valence-corrected chi connectivity index (χ0v) is 15.8. The molecule has 2 N–H and O–H groups in total. The van der Waals surface area contributed by atoms with Crippen LogP contribution in [0.25, 0.3) is 0 Å². The van der Waals surface area contributed by atoms with E-state index >= 15 is 0 Å². The number of benzene rings is 2. The van der Waals surface area contributed by atoms with Crippen LogP contribution in [0.1, 0.15) is 18.1 Å². The zero-order chi connectivity index (χ0) is 22.2. The van der Waals surface area contributed by atoms with E-state index in [9.17, 15) is 41.6 Å². The molecule has 0 radical (unpaired) electrons. The van der Waals surface area contributed by atoms with Crippen molar-refractivity contribution in [2.75, 3.05) is 11.6 Å².